The van der Waals surface area contributed by atoms with Crippen molar-refractivity contribution >= 4 is 0 Å². The highest BCUT2D eigenvalue weighted by molar-refractivity contribution is 5.00. The van der Waals surface area contributed by atoms with Crippen molar-refractivity contribution in [2.75, 3.05) is 0 Å². The number of hydrogen-bond acceptors (Lipinski definition) is 0. The van der Waals surface area contributed by atoms with Crippen molar-refractivity contribution in [1.82, 2.24) is 0 Å². The van der Waals surface area contributed by atoms with Gasteiger partial charge in [0.1, 0.15) is 0 Å². The molecule has 0 heterocycles. The first kappa shape index (κ1) is 7.74. The summed E-state index contributed by atoms with van der Waals surface area (Å²) in [5.41, 5.74) is 1.19. The van der Waals surface area contributed by atoms with Crippen molar-refractivity contribution in [3.05, 3.63) is 18.6 Å². The average molecular weight is 111 g/mol. The molecule has 1 radical (unpaired) electrons. The molecule has 0 aliphatic heterocycles. The molecule has 0 bridgehead atoms. The van der Waals surface area contributed by atoms with E-state index >= 15 is 0 Å². The Labute approximate surface area is 52.6 Å². The molecule has 0 fully saturated rings. The van der Waals surface area contributed by atoms with E-state index in [1.165, 1.54) is 24.8 Å². The maximum atomic E-state index is 3.77. The minimum Gasteiger partial charge on any atom is -0.0856 e. The predicted octanol–water partition coefficient (Wildman–Crippen LogP) is 2.96. The molecule has 0 spiro atoms. The second-order valence-corrected chi connectivity index (χ2v) is 2.19. The molecule has 0 aliphatic rings. The number of allylic oxidation sites excluding steroid dienone is 2. The van der Waals surface area contributed by atoms with Gasteiger partial charge in [0.15, 0.2) is 0 Å². The molecule has 0 atom stereocenters. The first-order valence-electron chi connectivity index (χ1n) is 3.26. The molecule has 0 amide bonds. The summed E-state index contributed by atoms with van der Waals surface area (Å²) in [5.74, 6) is 0. The zero-order valence-corrected chi connectivity index (χ0v) is 5.91. The van der Waals surface area contributed by atoms with Crippen molar-refractivity contribution in [3.8, 4) is 0 Å². The molecule has 0 aromatic rings. The van der Waals surface area contributed by atoms with Gasteiger partial charge in [-0.05, 0) is 20.3 Å². The smallest absolute Gasteiger partial charge is 0.0286 e. The lowest BCUT2D eigenvalue weighted by Crippen LogP contribution is -1.68. The quantitative estimate of drug-likeness (QED) is 0.491. The summed E-state index contributed by atoms with van der Waals surface area (Å²) in [7, 11) is 0. The standard InChI is InChI=1S/C8H15/c1-4-5-6-7-8(2)3/h7H,2,4-6H2,1,3H3/b8-7-. The lowest BCUT2D eigenvalue weighted by Gasteiger charge is -1.88. The van der Waals surface area contributed by atoms with Gasteiger partial charge in [0.05, 0.1) is 0 Å². The topological polar surface area (TPSA) is 0 Å². The van der Waals surface area contributed by atoms with E-state index in [2.05, 4.69) is 19.9 Å². The van der Waals surface area contributed by atoms with Crippen molar-refractivity contribution in [1.29, 1.82) is 0 Å². The Kier molecular flexibility index (Phi) is 4.73. The van der Waals surface area contributed by atoms with E-state index in [1.54, 1.807) is 0 Å². The Balaban J connectivity index is 3.03. The van der Waals surface area contributed by atoms with Crippen LogP contribution in [0.1, 0.15) is 33.1 Å². The molecule has 0 rings (SSSR count). The summed E-state index contributed by atoms with van der Waals surface area (Å²) in [6, 6.07) is 0. The molecule has 47 valence electrons. The zero-order chi connectivity index (χ0) is 6.41. The van der Waals surface area contributed by atoms with E-state index in [9.17, 15) is 0 Å². The largest absolute Gasteiger partial charge is 0.0856 e. The van der Waals surface area contributed by atoms with Crippen LogP contribution in [0, 0.1) is 6.92 Å². The lowest BCUT2D eigenvalue weighted by molar-refractivity contribution is 0.812. The molecular weight excluding hydrogens is 96.1 g/mol. The second-order valence-electron chi connectivity index (χ2n) is 2.19. The van der Waals surface area contributed by atoms with Gasteiger partial charge in [0.2, 0.25) is 0 Å². The van der Waals surface area contributed by atoms with Crippen LogP contribution in [0.25, 0.3) is 0 Å². The summed E-state index contributed by atoms with van der Waals surface area (Å²) in [6.07, 6.45) is 5.96. The normalized spacial score (nSPS) is 12.1. The monoisotopic (exact) mass is 111 g/mol. The van der Waals surface area contributed by atoms with Gasteiger partial charge >= 0.3 is 0 Å². The Morgan fingerprint density at radius 1 is 1.62 bits per heavy atom. The minimum atomic E-state index is 1.19. The van der Waals surface area contributed by atoms with Crippen molar-refractivity contribution in [3.63, 3.8) is 0 Å². The van der Waals surface area contributed by atoms with E-state index in [-0.39, 0.29) is 0 Å². The van der Waals surface area contributed by atoms with Crippen LogP contribution in [0.4, 0.5) is 0 Å². The highest BCUT2D eigenvalue weighted by Gasteiger charge is 1.78. The van der Waals surface area contributed by atoms with Crippen LogP contribution in [0.2, 0.25) is 0 Å². The summed E-state index contributed by atoms with van der Waals surface area (Å²) < 4.78 is 0. The van der Waals surface area contributed by atoms with Gasteiger partial charge in [-0.3, -0.25) is 0 Å². The summed E-state index contributed by atoms with van der Waals surface area (Å²) in [5, 5.41) is 0. The first-order chi connectivity index (χ1) is 3.77. The van der Waals surface area contributed by atoms with Crippen molar-refractivity contribution < 1.29 is 0 Å². The summed E-state index contributed by atoms with van der Waals surface area (Å²) >= 11 is 0. The van der Waals surface area contributed by atoms with Gasteiger partial charge in [0.25, 0.3) is 0 Å². The van der Waals surface area contributed by atoms with E-state index < -0.39 is 0 Å². The summed E-state index contributed by atoms with van der Waals surface area (Å²) in [6.45, 7) is 8.01. The maximum Gasteiger partial charge on any atom is -0.0286 e. The van der Waals surface area contributed by atoms with Crippen LogP contribution in [-0.2, 0) is 0 Å². The zero-order valence-electron chi connectivity index (χ0n) is 5.91. The molecular formula is C8H15. The molecule has 0 saturated heterocycles. The SMILES string of the molecule is [CH2]/C(C)=C/CCCC. The van der Waals surface area contributed by atoms with Gasteiger partial charge in [-0.1, -0.05) is 31.4 Å². The van der Waals surface area contributed by atoms with Gasteiger partial charge in [-0.2, -0.15) is 0 Å². The van der Waals surface area contributed by atoms with Gasteiger partial charge < -0.3 is 0 Å². The van der Waals surface area contributed by atoms with Crippen molar-refractivity contribution in [2.45, 2.75) is 33.1 Å². The van der Waals surface area contributed by atoms with E-state index in [1.807, 2.05) is 6.92 Å². The van der Waals surface area contributed by atoms with E-state index in [0.29, 0.717) is 0 Å². The molecule has 0 unspecified atom stereocenters. The Bertz CT molecular complexity index is 66.1. The highest BCUT2D eigenvalue weighted by atomic mass is 13.8. The van der Waals surface area contributed by atoms with Crippen LogP contribution < -0.4 is 0 Å². The molecule has 8 heavy (non-hydrogen) atoms. The van der Waals surface area contributed by atoms with Crippen LogP contribution in [0.3, 0.4) is 0 Å². The van der Waals surface area contributed by atoms with Crippen molar-refractivity contribution in [2.24, 2.45) is 0 Å². The Morgan fingerprint density at radius 3 is 2.62 bits per heavy atom. The molecule has 0 N–H and O–H groups in total. The third kappa shape index (κ3) is 5.74. The lowest BCUT2D eigenvalue weighted by atomic mass is 10.2. The average Bonchev–Trinajstić information content (AvgIpc) is 1.66. The predicted molar refractivity (Wildman–Crippen MR) is 38.6 cm³/mol. The van der Waals surface area contributed by atoms with Gasteiger partial charge in [0, 0.05) is 0 Å². The van der Waals surface area contributed by atoms with E-state index in [0.717, 1.165) is 0 Å². The highest BCUT2D eigenvalue weighted by Crippen LogP contribution is 1.98. The van der Waals surface area contributed by atoms with Gasteiger partial charge in [-0.15, -0.1) is 0 Å². The molecule has 0 saturated carbocycles. The second kappa shape index (κ2) is 4.89. The molecule has 0 nitrogen and oxygen atoms in total. The fourth-order valence-electron chi connectivity index (χ4n) is 0.553. The molecule has 0 aromatic carbocycles. The molecule has 0 aliphatic carbocycles. The molecule has 0 aromatic heterocycles. The number of unbranched alkanes of at least 4 members (excludes halogenated alkanes) is 2. The van der Waals surface area contributed by atoms with Crippen LogP contribution in [-0.4, -0.2) is 0 Å². The number of hydrogen-bond donors (Lipinski definition) is 0. The Hall–Kier alpha value is -0.260. The number of rotatable bonds is 3. The minimum absolute atomic E-state index is 1.19. The van der Waals surface area contributed by atoms with Crippen LogP contribution in [0.5, 0.6) is 0 Å². The maximum absolute atomic E-state index is 3.77. The summed E-state index contributed by atoms with van der Waals surface area (Å²) in [4.78, 5) is 0. The Morgan fingerprint density at radius 2 is 2.25 bits per heavy atom. The van der Waals surface area contributed by atoms with Crippen LogP contribution >= 0.6 is 0 Å². The van der Waals surface area contributed by atoms with Crippen LogP contribution in [0.15, 0.2) is 11.6 Å². The van der Waals surface area contributed by atoms with E-state index in [4.69, 9.17) is 0 Å². The fourth-order valence-corrected chi connectivity index (χ4v) is 0.553. The third-order valence-corrected chi connectivity index (χ3v) is 1.05. The first-order valence-corrected chi connectivity index (χ1v) is 3.26. The third-order valence-electron chi connectivity index (χ3n) is 1.05. The van der Waals surface area contributed by atoms with Gasteiger partial charge in [-0.25, -0.2) is 0 Å². The fraction of sp³-hybridized carbons (Fsp3) is 0.625. The molecule has 0 heteroatoms.